The summed E-state index contributed by atoms with van der Waals surface area (Å²) in [5.41, 5.74) is 1.50. The first-order chi connectivity index (χ1) is 12.6. The first-order valence-electron chi connectivity index (χ1n) is 7.91. The van der Waals surface area contributed by atoms with Crippen LogP contribution in [0.2, 0.25) is 0 Å². The number of hydrogen-bond acceptors (Lipinski definition) is 6. The van der Waals surface area contributed by atoms with Crippen LogP contribution in [0, 0.1) is 12.7 Å². The van der Waals surface area contributed by atoms with Crippen LogP contribution in [0.4, 0.5) is 4.39 Å². The Labute approximate surface area is 151 Å². The molecule has 0 aliphatic carbocycles. The molecule has 0 radical (unpaired) electrons. The van der Waals surface area contributed by atoms with Crippen molar-refractivity contribution in [2.75, 3.05) is 6.54 Å². The van der Waals surface area contributed by atoms with E-state index in [-0.39, 0.29) is 17.4 Å². The molecule has 3 aromatic heterocycles. The van der Waals surface area contributed by atoms with Crippen LogP contribution in [0.3, 0.4) is 0 Å². The molecule has 132 valence electrons. The number of hydrogen-bond donors (Lipinski definition) is 1. The first kappa shape index (κ1) is 16.4. The highest BCUT2D eigenvalue weighted by Crippen LogP contribution is 2.23. The largest absolute Gasteiger partial charge is 0.361 e. The van der Waals surface area contributed by atoms with Gasteiger partial charge in [-0.1, -0.05) is 17.3 Å². The molecule has 7 nitrogen and oxygen atoms in total. The third-order valence-corrected chi connectivity index (χ3v) is 4.66. The van der Waals surface area contributed by atoms with Crippen LogP contribution >= 0.6 is 11.3 Å². The zero-order valence-corrected chi connectivity index (χ0v) is 14.6. The number of aryl methyl sites for hydroxylation is 1. The molecular formula is C17H14FN5O2S. The normalized spacial score (nSPS) is 11.2. The second-order valence-corrected chi connectivity index (χ2v) is 6.50. The Morgan fingerprint density at radius 3 is 3.00 bits per heavy atom. The van der Waals surface area contributed by atoms with Crippen LogP contribution in [0.5, 0.6) is 0 Å². The molecule has 0 atom stereocenters. The molecule has 4 aromatic rings. The number of aromatic nitrogens is 4. The maximum Gasteiger partial charge on any atom is 0.273 e. The number of benzene rings is 1. The maximum absolute atomic E-state index is 13.9. The average Bonchev–Trinajstić information content (AvgIpc) is 3.32. The predicted molar refractivity (Wildman–Crippen MR) is 93.5 cm³/mol. The molecule has 0 unspecified atom stereocenters. The van der Waals surface area contributed by atoms with Gasteiger partial charge in [-0.2, -0.15) is 4.98 Å². The van der Waals surface area contributed by atoms with E-state index in [0.717, 1.165) is 5.69 Å². The molecule has 0 aliphatic heterocycles. The van der Waals surface area contributed by atoms with E-state index in [9.17, 15) is 9.18 Å². The van der Waals surface area contributed by atoms with Crippen molar-refractivity contribution >= 4 is 22.2 Å². The van der Waals surface area contributed by atoms with Crippen molar-refractivity contribution in [1.82, 2.24) is 25.1 Å². The summed E-state index contributed by atoms with van der Waals surface area (Å²) in [4.78, 5) is 17.0. The van der Waals surface area contributed by atoms with Crippen molar-refractivity contribution < 1.29 is 13.7 Å². The highest BCUT2D eigenvalue weighted by atomic mass is 32.1. The van der Waals surface area contributed by atoms with Gasteiger partial charge < -0.3 is 9.84 Å². The van der Waals surface area contributed by atoms with Crippen molar-refractivity contribution in [3.63, 3.8) is 0 Å². The molecule has 0 bridgehead atoms. The molecule has 0 fully saturated rings. The van der Waals surface area contributed by atoms with Gasteiger partial charge in [-0.15, -0.1) is 16.4 Å². The van der Waals surface area contributed by atoms with Gasteiger partial charge in [-0.3, -0.25) is 4.79 Å². The van der Waals surface area contributed by atoms with Gasteiger partial charge in [0.05, 0.1) is 11.3 Å². The SMILES string of the molecule is Cc1cc(C(=O)NCCc2csc3nc(-c4ccccc4F)nn23)no1. The van der Waals surface area contributed by atoms with Gasteiger partial charge in [-0.25, -0.2) is 8.91 Å². The van der Waals surface area contributed by atoms with Gasteiger partial charge in [0.1, 0.15) is 11.6 Å². The van der Waals surface area contributed by atoms with Crippen molar-refractivity contribution in [2.45, 2.75) is 13.3 Å². The van der Waals surface area contributed by atoms with E-state index in [1.165, 1.54) is 17.4 Å². The van der Waals surface area contributed by atoms with Crippen LogP contribution in [-0.2, 0) is 6.42 Å². The minimum atomic E-state index is -0.359. The van der Waals surface area contributed by atoms with Gasteiger partial charge >= 0.3 is 0 Å². The zero-order valence-electron chi connectivity index (χ0n) is 13.8. The highest BCUT2D eigenvalue weighted by molar-refractivity contribution is 7.15. The van der Waals surface area contributed by atoms with Crippen LogP contribution in [0.1, 0.15) is 21.9 Å². The molecule has 0 spiro atoms. The van der Waals surface area contributed by atoms with Gasteiger partial charge in [0, 0.05) is 24.4 Å². The van der Waals surface area contributed by atoms with Crippen LogP contribution in [0.15, 0.2) is 40.2 Å². The minimum absolute atomic E-state index is 0.251. The average molecular weight is 371 g/mol. The standard InChI is InChI=1S/C17H14FN5O2S/c1-10-8-14(22-25-10)16(24)19-7-6-11-9-26-17-20-15(21-23(11)17)12-4-2-3-5-13(12)18/h2-5,8-9H,6-7H2,1H3,(H,19,24). The lowest BCUT2D eigenvalue weighted by Crippen LogP contribution is -2.26. The number of halogens is 1. The Hall–Kier alpha value is -3.07. The lowest BCUT2D eigenvalue weighted by atomic mass is 10.2. The Balaban J connectivity index is 1.47. The van der Waals surface area contributed by atoms with E-state index in [1.54, 1.807) is 35.7 Å². The van der Waals surface area contributed by atoms with E-state index in [2.05, 4.69) is 20.6 Å². The molecule has 1 aromatic carbocycles. The van der Waals surface area contributed by atoms with Gasteiger partial charge in [0.15, 0.2) is 11.5 Å². The van der Waals surface area contributed by atoms with Crippen LogP contribution < -0.4 is 5.32 Å². The summed E-state index contributed by atoms with van der Waals surface area (Å²) in [5.74, 6) is 0.276. The number of nitrogens with zero attached hydrogens (tertiary/aromatic N) is 4. The van der Waals surface area contributed by atoms with E-state index in [0.29, 0.717) is 35.1 Å². The van der Waals surface area contributed by atoms with Crippen molar-refractivity contribution in [2.24, 2.45) is 0 Å². The lowest BCUT2D eigenvalue weighted by Gasteiger charge is -2.01. The first-order valence-corrected chi connectivity index (χ1v) is 8.79. The number of carbonyl (C=O) groups is 1. The number of nitrogens with one attached hydrogen (secondary N) is 1. The monoisotopic (exact) mass is 371 g/mol. The van der Waals surface area contributed by atoms with Crippen LogP contribution in [-0.4, -0.2) is 32.2 Å². The fraction of sp³-hybridized carbons (Fsp3) is 0.176. The summed E-state index contributed by atoms with van der Waals surface area (Å²) in [6.07, 6.45) is 0.558. The number of fused-ring (bicyclic) bond motifs is 1. The number of amides is 1. The lowest BCUT2D eigenvalue weighted by molar-refractivity contribution is 0.0945. The smallest absolute Gasteiger partial charge is 0.273 e. The molecule has 3 heterocycles. The molecule has 0 saturated carbocycles. The number of carbonyl (C=O) groups excluding carboxylic acids is 1. The number of rotatable bonds is 5. The summed E-state index contributed by atoms with van der Waals surface area (Å²) >= 11 is 1.42. The molecule has 26 heavy (non-hydrogen) atoms. The second kappa shape index (κ2) is 6.68. The Kier molecular flexibility index (Phi) is 4.21. The summed E-state index contributed by atoms with van der Waals surface area (Å²) < 4.78 is 20.5. The molecule has 0 saturated heterocycles. The Morgan fingerprint density at radius 1 is 1.38 bits per heavy atom. The van der Waals surface area contributed by atoms with Gasteiger partial charge in [0.2, 0.25) is 4.96 Å². The molecule has 0 aliphatic rings. The number of thiazole rings is 1. The second-order valence-electron chi connectivity index (χ2n) is 5.67. The highest BCUT2D eigenvalue weighted by Gasteiger charge is 2.15. The maximum atomic E-state index is 13.9. The molecule has 1 amide bonds. The summed E-state index contributed by atoms with van der Waals surface area (Å²) in [6.45, 7) is 2.13. The fourth-order valence-electron chi connectivity index (χ4n) is 2.52. The van der Waals surface area contributed by atoms with E-state index in [1.807, 2.05) is 5.38 Å². The zero-order chi connectivity index (χ0) is 18.1. The van der Waals surface area contributed by atoms with Crippen molar-refractivity contribution in [3.8, 4) is 11.4 Å². The quantitative estimate of drug-likeness (QED) is 0.583. The van der Waals surface area contributed by atoms with E-state index < -0.39 is 0 Å². The topological polar surface area (TPSA) is 85.3 Å². The van der Waals surface area contributed by atoms with Gasteiger partial charge in [-0.05, 0) is 19.1 Å². The van der Waals surface area contributed by atoms with Gasteiger partial charge in [0.25, 0.3) is 5.91 Å². The van der Waals surface area contributed by atoms with Crippen molar-refractivity contribution in [3.05, 3.63) is 58.7 Å². The molecule has 1 N–H and O–H groups in total. The minimum Gasteiger partial charge on any atom is -0.361 e. The summed E-state index contributed by atoms with van der Waals surface area (Å²) in [7, 11) is 0. The van der Waals surface area contributed by atoms with Crippen molar-refractivity contribution in [1.29, 1.82) is 0 Å². The third-order valence-electron chi connectivity index (χ3n) is 3.79. The van der Waals surface area contributed by atoms with E-state index >= 15 is 0 Å². The predicted octanol–water partition coefficient (Wildman–Crippen LogP) is 2.87. The summed E-state index contributed by atoms with van der Waals surface area (Å²) in [6, 6.07) is 7.98. The molecule has 9 heteroatoms. The Bertz CT molecular complexity index is 1080. The Morgan fingerprint density at radius 2 is 2.23 bits per heavy atom. The third kappa shape index (κ3) is 3.08. The van der Waals surface area contributed by atoms with E-state index in [4.69, 9.17) is 4.52 Å². The molecule has 4 rings (SSSR count). The summed E-state index contributed by atoms with van der Waals surface area (Å²) in [5, 5.41) is 12.8. The van der Waals surface area contributed by atoms with Crippen LogP contribution in [0.25, 0.3) is 16.3 Å². The fourth-order valence-corrected chi connectivity index (χ4v) is 3.38. The molecular weight excluding hydrogens is 357 g/mol.